The molecule has 0 spiro atoms. The van der Waals surface area contributed by atoms with Gasteiger partial charge in [-0.3, -0.25) is 4.79 Å². The summed E-state index contributed by atoms with van der Waals surface area (Å²) in [7, 11) is 0. The number of benzene rings is 2. The van der Waals surface area contributed by atoms with Crippen LogP contribution in [0.25, 0.3) is 11.1 Å². The van der Waals surface area contributed by atoms with Crippen LogP contribution in [0.15, 0.2) is 30.3 Å². The molecule has 0 aliphatic carbocycles. The van der Waals surface area contributed by atoms with Crippen LogP contribution >= 0.6 is 11.6 Å². The van der Waals surface area contributed by atoms with Crippen LogP contribution in [-0.4, -0.2) is 6.29 Å². The third-order valence-electron chi connectivity index (χ3n) is 2.42. The van der Waals surface area contributed by atoms with Crippen molar-refractivity contribution < 1.29 is 18.0 Å². The molecule has 0 bridgehead atoms. The second-order valence-corrected chi connectivity index (χ2v) is 4.02. The molecule has 1 nitrogen and oxygen atoms in total. The first-order valence-corrected chi connectivity index (χ1v) is 5.30. The predicted octanol–water partition coefficient (Wildman–Crippen LogP) is 4.24. The lowest BCUT2D eigenvalue weighted by atomic mass is 10.0. The molecule has 0 heterocycles. The number of aldehydes is 1. The van der Waals surface area contributed by atoms with Crippen molar-refractivity contribution in [1.82, 2.24) is 0 Å². The molecule has 0 radical (unpaired) electrons. The van der Waals surface area contributed by atoms with Crippen LogP contribution in [0.4, 0.5) is 13.2 Å². The molecule has 0 aromatic heterocycles. The smallest absolute Gasteiger partial charge is 0.194 e. The molecular weight excluding hydrogens is 265 g/mol. The summed E-state index contributed by atoms with van der Waals surface area (Å²) >= 11 is 5.89. The lowest BCUT2D eigenvalue weighted by Gasteiger charge is -2.06. The van der Waals surface area contributed by atoms with Crippen LogP contribution in [-0.2, 0) is 0 Å². The number of carbonyl (C=O) groups is 1. The first kappa shape index (κ1) is 12.6. The maximum absolute atomic E-state index is 13.1. The van der Waals surface area contributed by atoms with Crippen molar-refractivity contribution in [3.05, 3.63) is 58.4 Å². The molecule has 0 fully saturated rings. The summed E-state index contributed by atoms with van der Waals surface area (Å²) in [5.41, 5.74) is 0.765. The molecule has 5 heteroatoms. The highest BCUT2D eigenvalue weighted by Crippen LogP contribution is 2.30. The van der Waals surface area contributed by atoms with Gasteiger partial charge in [0.1, 0.15) is 6.29 Å². The monoisotopic (exact) mass is 270 g/mol. The maximum Gasteiger partial charge on any atom is 0.194 e. The number of hydrogen-bond acceptors (Lipinski definition) is 1. The summed E-state index contributed by atoms with van der Waals surface area (Å²) in [6, 6.07) is 5.95. The van der Waals surface area contributed by atoms with E-state index in [1.807, 2.05) is 0 Å². The Morgan fingerprint density at radius 2 is 1.61 bits per heavy atom. The van der Waals surface area contributed by atoms with E-state index in [0.717, 1.165) is 12.1 Å². The quantitative estimate of drug-likeness (QED) is 0.589. The maximum atomic E-state index is 13.1. The van der Waals surface area contributed by atoms with Gasteiger partial charge in [-0.2, -0.15) is 0 Å². The molecule has 2 aromatic rings. The summed E-state index contributed by atoms with van der Waals surface area (Å²) in [5.74, 6) is -4.11. The lowest BCUT2D eigenvalue weighted by molar-refractivity contribution is 0.112. The van der Waals surface area contributed by atoms with Gasteiger partial charge in [-0.15, -0.1) is 0 Å². The van der Waals surface area contributed by atoms with Crippen LogP contribution < -0.4 is 0 Å². The minimum absolute atomic E-state index is 0.105. The van der Waals surface area contributed by atoms with Crippen molar-refractivity contribution in [3.8, 4) is 11.1 Å². The molecule has 18 heavy (non-hydrogen) atoms. The zero-order valence-electron chi connectivity index (χ0n) is 8.88. The molecule has 2 rings (SSSR count). The highest BCUT2D eigenvalue weighted by Gasteiger charge is 2.13. The van der Waals surface area contributed by atoms with Gasteiger partial charge in [0.25, 0.3) is 0 Å². The Morgan fingerprint density at radius 1 is 1.00 bits per heavy atom. The molecule has 0 aliphatic heterocycles. The van der Waals surface area contributed by atoms with Gasteiger partial charge in [-0.05, 0) is 23.8 Å². The van der Waals surface area contributed by atoms with E-state index < -0.39 is 17.5 Å². The Hall–Kier alpha value is -1.81. The molecule has 2 aromatic carbocycles. The summed E-state index contributed by atoms with van der Waals surface area (Å²) in [6.45, 7) is 0. The fourth-order valence-electron chi connectivity index (χ4n) is 1.55. The normalized spacial score (nSPS) is 10.4. The molecule has 0 aliphatic rings. The second kappa shape index (κ2) is 4.82. The van der Waals surface area contributed by atoms with Gasteiger partial charge in [0.05, 0.1) is 0 Å². The van der Waals surface area contributed by atoms with Crippen LogP contribution in [0, 0.1) is 17.5 Å². The Morgan fingerprint density at radius 3 is 2.11 bits per heavy atom. The minimum atomic E-state index is -1.53. The predicted molar refractivity (Wildman–Crippen MR) is 62.1 cm³/mol. The van der Waals surface area contributed by atoms with E-state index in [4.69, 9.17) is 11.6 Å². The van der Waals surface area contributed by atoms with Crippen LogP contribution in [0.3, 0.4) is 0 Å². The van der Waals surface area contributed by atoms with Gasteiger partial charge < -0.3 is 0 Å². The van der Waals surface area contributed by atoms with Gasteiger partial charge in [0, 0.05) is 16.1 Å². The van der Waals surface area contributed by atoms with Crippen LogP contribution in [0.5, 0.6) is 0 Å². The van der Waals surface area contributed by atoms with Gasteiger partial charge in [0.2, 0.25) is 0 Å². The molecular formula is C13H6ClF3O. The first-order chi connectivity index (χ1) is 8.52. The second-order valence-electron chi connectivity index (χ2n) is 3.61. The van der Waals surface area contributed by atoms with E-state index in [0.29, 0.717) is 17.4 Å². The molecule has 0 unspecified atom stereocenters. The third-order valence-corrected chi connectivity index (χ3v) is 2.74. The molecule has 0 saturated heterocycles. The summed E-state index contributed by atoms with van der Waals surface area (Å²) in [4.78, 5) is 10.5. The van der Waals surface area contributed by atoms with E-state index in [9.17, 15) is 18.0 Å². The van der Waals surface area contributed by atoms with E-state index >= 15 is 0 Å². The lowest BCUT2D eigenvalue weighted by Crippen LogP contribution is -1.92. The number of halogens is 4. The van der Waals surface area contributed by atoms with Gasteiger partial charge in [-0.1, -0.05) is 23.7 Å². The fourth-order valence-corrected chi connectivity index (χ4v) is 1.85. The van der Waals surface area contributed by atoms with Crippen LogP contribution in [0.1, 0.15) is 10.4 Å². The van der Waals surface area contributed by atoms with Crippen molar-refractivity contribution >= 4 is 17.9 Å². The van der Waals surface area contributed by atoms with E-state index in [1.54, 1.807) is 0 Å². The topological polar surface area (TPSA) is 17.1 Å². The van der Waals surface area contributed by atoms with Crippen molar-refractivity contribution in [2.75, 3.05) is 0 Å². The standard InChI is InChI=1S/C13H6ClF3O/c14-10-3-7(6-18)1-2-9(10)8-4-11(15)13(17)12(16)5-8/h1-6H. The van der Waals surface area contributed by atoms with Crippen molar-refractivity contribution in [2.45, 2.75) is 0 Å². The Labute approximate surface area is 106 Å². The van der Waals surface area contributed by atoms with E-state index in [-0.39, 0.29) is 10.6 Å². The zero-order valence-corrected chi connectivity index (χ0v) is 9.64. The highest BCUT2D eigenvalue weighted by molar-refractivity contribution is 6.33. The van der Waals surface area contributed by atoms with Crippen molar-refractivity contribution in [2.24, 2.45) is 0 Å². The van der Waals surface area contributed by atoms with E-state index in [2.05, 4.69) is 0 Å². The highest BCUT2D eigenvalue weighted by atomic mass is 35.5. The summed E-state index contributed by atoms with van der Waals surface area (Å²) in [6.07, 6.45) is 0.599. The van der Waals surface area contributed by atoms with Crippen molar-refractivity contribution in [3.63, 3.8) is 0 Å². The number of carbonyl (C=O) groups excluding carboxylic acids is 1. The summed E-state index contributed by atoms with van der Waals surface area (Å²) in [5, 5.41) is 0.157. The molecule has 0 saturated carbocycles. The van der Waals surface area contributed by atoms with Gasteiger partial charge in [0.15, 0.2) is 17.5 Å². The largest absolute Gasteiger partial charge is 0.298 e. The summed E-state index contributed by atoms with van der Waals surface area (Å²) < 4.78 is 39.0. The Bertz CT molecular complexity index is 603. The minimum Gasteiger partial charge on any atom is -0.298 e. The molecule has 0 atom stereocenters. The average molecular weight is 271 g/mol. The first-order valence-electron chi connectivity index (χ1n) is 4.92. The zero-order chi connectivity index (χ0) is 13.3. The van der Waals surface area contributed by atoms with E-state index in [1.165, 1.54) is 18.2 Å². The third kappa shape index (κ3) is 2.24. The van der Waals surface area contributed by atoms with Crippen molar-refractivity contribution in [1.29, 1.82) is 0 Å². The SMILES string of the molecule is O=Cc1ccc(-c2cc(F)c(F)c(F)c2)c(Cl)c1. The molecule has 0 amide bonds. The van der Waals surface area contributed by atoms with Crippen LogP contribution in [0.2, 0.25) is 5.02 Å². The number of rotatable bonds is 2. The Kier molecular flexibility index (Phi) is 3.39. The average Bonchev–Trinajstić information content (AvgIpc) is 2.35. The molecule has 0 N–H and O–H groups in total. The Balaban J connectivity index is 2.59. The molecule has 92 valence electrons. The number of hydrogen-bond donors (Lipinski definition) is 0. The fraction of sp³-hybridized carbons (Fsp3) is 0. The van der Waals surface area contributed by atoms with Gasteiger partial charge in [-0.25, -0.2) is 13.2 Å². The van der Waals surface area contributed by atoms with Gasteiger partial charge >= 0.3 is 0 Å².